The van der Waals surface area contributed by atoms with Crippen LogP contribution in [0, 0.1) is 0 Å². The van der Waals surface area contributed by atoms with Crippen LogP contribution in [0.15, 0.2) is 68.7 Å². The quantitative estimate of drug-likeness (QED) is 0.486. The van der Waals surface area contributed by atoms with Crippen molar-refractivity contribution in [2.24, 2.45) is 0 Å². The first-order valence-electron chi connectivity index (χ1n) is 6.53. The Balaban J connectivity index is 1.66. The Morgan fingerprint density at radius 2 is 1.95 bits per heavy atom. The zero-order chi connectivity index (χ0) is 15.4. The van der Waals surface area contributed by atoms with E-state index in [1.54, 1.807) is 12.1 Å². The van der Waals surface area contributed by atoms with Crippen LogP contribution in [0.4, 0.5) is 0 Å². The molecule has 2 aromatic carbocycles. The summed E-state index contributed by atoms with van der Waals surface area (Å²) in [6.45, 7) is 0. The number of ketones is 1. The molecule has 6 heteroatoms. The Morgan fingerprint density at radius 1 is 1.14 bits per heavy atom. The van der Waals surface area contributed by atoms with Crippen LogP contribution in [0.25, 0.3) is 11.5 Å². The molecular formula is C16H11BrN2O2S. The maximum atomic E-state index is 12.0. The van der Waals surface area contributed by atoms with Crippen LogP contribution in [0.3, 0.4) is 0 Å². The van der Waals surface area contributed by atoms with E-state index in [4.69, 9.17) is 4.52 Å². The van der Waals surface area contributed by atoms with Gasteiger partial charge < -0.3 is 4.52 Å². The fraction of sp³-hybridized carbons (Fsp3) is 0.0625. The molecule has 4 nitrogen and oxygen atoms in total. The van der Waals surface area contributed by atoms with E-state index in [-0.39, 0.29) is 11.5 Å². The van der Waals surface area contributed by atoms with Gasteiger partial charge in [0.15, 0.2) is 5.78 Å². The second kappa shape index (κ2) is 6.89. The number of benzene rings is 2. The van der Waals surface area contributed by atoms with E-state index in [0.29, 0.717) is 16.6 Å². The van der Waals surface area contributed by atoms with Crippen LogP contribution >= 0.6 is 27.7 Å². The lowest BCUT2D eigenvalue weighted by atomic mass is 10.2. The molecule has 110 valence electrons. The summed E-state index contributed by atoms with van der Waals surface area (Å²) in [7, 11) is 0. The van der Waals surface area contributed by atoms with Crippen molar-refractivity contribution in [2.75, 3.05) is 5.75 Å². The lowest BCUT2D eigenvalue weighted by Gasteiger charge is -1.97. The highest BCUT2D eigenvalue weighted by atomic mass is 79.9. The molecule has 22 heavy (non-hydrogen) atoms. The lowest BCUT2D eigenvalue weighted by molar-refractivity contribution is 0.102. The zero-order valence-corrected chi connectivity index (χ0v) is 13.8. The van der Waals surface area contributed by atoms with Gasteiger partial charge >= 0.3 is 0 Å². The van der Waals surface area contributed by atoms with Crippen molar-refractivity contribution >= 4 is 33.5 Å². The number of hydrogen-bond donors (Lipinski definition) is 0. The van der Waals surface area contributed by atoms with Gasteiger partial charge in [0.1, 0.15) is 0 Å². The minimum absolute atomic E-state index is 0.0411. The Morgan fingerprint density at radius 3 is 2.73 bits per heavy atom. The van der Waals surface area contributed by atoms with Gasteiger partial charge in [0.2, 0.25) is 5.16 Å². The fourth-order valence-corrected chi connectivity index (χ4v) is 2.91. The summed E-state index contributed by atoms with van der Waals surface area (Å²) in [6.07, 6.45) is 0. The van der Waals surface area contributed by atoms with Gasteiger partial charge in [-0.05, 0) is 23.4 Å². The highest BCUT2D eigenvalue weighted by Crippen LogP contribution is 2.24. The van der Waals surface area contributed by atoms with Crippen LogP contribution in [-0.2, 0) is 0 Å². The van der Waals surface area contributed by atoms with Crippen molar-refractivity contribution < 1.29 is 9.32 Å². The van der Waals surface area contributed by atoms with Gasteiger partial charge in [-0.15, -0.1) is 0 Å². The molecule has 0 N–H and O–H groups in total. The van der Waals surface area contributed by atoms with Crippen molar-refractivity contribution in [2.45, 2.75) is 5.16 Å². The number of nitrogens with zero attached hydrogens (tertiary/aromatic N) is 2. The molecule has 0 fully saturated rings. The topological polar surface area (TPSA) is 56.0 Å². The van der Waals surface area contributed by atoms with Crippen LogP contribution in [-0.4, -0.2) is 21.7 Å². The Bertz CT molecular complexity index is 790. The van der Waals surface area contributed by atoms with Crippen LogP contribution < -0.4 is 0 Å². The van der Waals surface area contributed by atoms with E-state index >= 15 is 0 Å². The first-order chi connectivity index (χ1) is 10.7. The number of rotatable bonds is 5. The summed E-state index contributed by atoms with van der Waals surface area (Å²) in [5.74, 6) is 0.761. The molecule has 0 aliphatic carbocycles. The summed E-state index contributed by atoms with van der Waals surface area (Å²) in [4.78, 5) is 16.3. The van der Waals surface area contributed by atoms with E-state index in [9.17, 15) is 4.79 Å². The molecule has 0 radical (unpaired) electrons. The standard InChI is InChI=1S/C16H11BrN2O2S/c17-13-8-4-7-12(9-13)15-18-16(19-21-15)22-10-14(20)11-5-2-1-3-6-11/h1-9H,10H2. The molecule has 0 unspecified atom stereocenters. The van der Waals surface area contributed by atoms with Crippen molar-refractivity contribution in [3.63, 3.8) is 0 Å². The monoisotopic (exact) mass is 374 g/mol. The number of thioether (sulfide) groups is 1. The highest BCUT2D eigenvalue weighted by Gasteiger charge is 2.12. The lowest BCUT2D eigenvalue weighted by Crippen LogP contribution is -2.01. The van der Waals surface area contributed by atoms with Crippen molar-refractivity contribution in [3.8, 4) is 11.5 Å². The maximum Gasteiger partial charge on any atom is 0.258 e. The zero-order valence-electron chi connectivity index (χ0n) is 11.4. The SMILES string of the molecule is O=C(CSc1noc(-c2cccc(Br)c2)n1)c1ccccc1. The summed E-state index contributed by atoms with van der Waals surface area (Å²) >= 11 is 4.67. The van der Waals surface area contributed by atoms with Gasteiger partial charge in [0, 0.05) is 15.6 Å². The normalized spacial score (nSPS) is 10.6. The molecule has 0 aliphatic heterocycles. The van der Waals surface area contributed by atoms with Crippen molar-refractivity contribution in [1.82, 2.24) is 10.1 Å². The number of hydrogen-bond acceptors (Lipinski definition) is 5. The predicted octanol–water partition coefficient (Wildman–Crippen LogP) is 4.47. The van der Waals surface area contributed by atoms with Crippen molar-refractivity contribution in [3.05, 3.63) is 64.6 Å². The second-order valence-corrected chi connectivity index (χ2v) is 6.33. The molecule has 0 bridgehead atoms. The first kappa shape index (κ1) is 15.0. The Labute approximate surface area is 140 Å². The molecular weight excluding hydrogens is 364 g/mol. The molecule has 0 spiro atoms. The number of aromatic nitrogens is 2. The summed E-state index contributed by atoms with van der Waals surface area (Å²) < 4.78 is 6.17. The van der Waals surface area contributed by atoms with Crippen LogP contribution in [0.5, 0.6) is 0 Å². The molecule has 1 heterocycles. The van der Waals surface area contributed by atoms with Gasteiger partial charge in [-0.3, -0.25) is 4.79 Å². The second-order valence-electron chi connectivity index (χ2n) is 4.47. The molecule has 0 saturated heterocycles. The molecule has 0 amide bonds. The summed E-state index contributed by atoms with van der Waals surface area (Å²) in [6, 6.07) is 16.8. The number of carbonyl (C=O) groups excluding carboxylic acids is 1. The van der Waals surface area contributed by atoms with E-state index in [0.717, 1.165) is 10.0 Å². The van der Waals surface area contributed by atoms with E-state index in [1.807, 2.05) is 42.5 Å². The van der Waals surface area contributed by atoms with Crippen LogP contribution in [0.1, 0.15) is 10.4 Å². The van der Waals surface area contributed by atoms with E-state index < -0.39 is 0 Å². The van der Waals surface area contributed by atoms with Gasteiger partial charge in [0.25, 0.3) is 5.89 Å². The molecule has 1 aromatic heterocycles. The molecule has 0 atom stereocenters. The summed E-state index contributed by atoms with van der Waals surface area (Å²) in [5, 5.41) is 4.35. The van der Waals surface area contributed by atoms with Crippen LogP contribution in [0.2, 0.25) is 0 Å². The Hall–Kier alpha value is -1.92. The van der Waals surface area contributed by atoms with Gasteiger partial charge in [-0.25, -0.2) is 0 Å². The average molecular weight is 375 g/mol. The van der Waals surface area contributed by atoms with E-state index in [1.165, 1.54) is 11.8 Å². The fourth-order valence-electron chi connectivity index (χ4n) is 1.84. The van der Waals surface area contributed by atoms with Crippen molar-refractivity contribution in [1.29, 1.82) is 0 Å². The highest BCUT2D eigenvalue weighted by molar-refractivity contribution is 9.10. The minimum atomic E-state index is 0.0411. The van der Waals surface area contributed by atoms with Gasteiger partial charge in [-0.2, -0.15) is 4.98 Å². The summed E-state index contributed by atoms with van der Waals surface area (Å²) in [5.41, 5.74) is 1.52. The van der Waals surface area contributed by atoms with Gasteiger partial charge in [0.05, 0.1) is 5.75 Å². The molecule has 3 rings (SSSR count). The predicted molar refractivity (Wildman–Crippen MR) is 88.9 cm³/mol. The third kappa shape index (κ3) is 3.64. The average Bonchev–Trinajstić information content (AvgIpc) is 3.02. The number of halogens is 1. The number of carbonyl (C=O) groups is 1. The molecule has 0 saturated carbocycles. The minimum Gasteiger partial charge on any atom is -0.333 e. The molecule has 0 aliphatic rings. The number of Topliss-reactive ketones (excluding diaryl/α,β-unsaturated/α-hetero) is 1. The first-order valence-corrected chi connectivity index (χ1v) is 8.31. The largest absolute Gasteiger partial charge is 0.333 e. The smallest absolute Gasteiger partial charge is 0.258 e. The Kier molecular flexibility index (Phi) is 4.70. The molecule has 3 aromatic rings. The van der Waals surface area contributed by atoms with Gasteiger partial charge in [-0.1, -0.05) is 64.1 Å². The van der Waals surface area contributed by atoms with E-state index in [2.05, 4.69) is 26.1 Å². The third-order valence-corrected chi connectivity index (χ3v) is 4.23. The maximum absolute atomic E-state index is 12.0. The third-order valence-electron chi connectivity index (χ3n) is 2.91.